The Morgan fingerprint density at radius 3 is 2.25 bits per heavy atom. The topological polar surface area (TPSA) is 75.6 Å². The summed E-state index contributed by atoms with van der Waals surface area (Å²) in [6, 6.07) is -0.515. The molecule has 16 heavy (non-hydrogen) atoms. The van der Waals surface area contributed by atoms with Gasteiger partial charge in [0.2, 0.25) is 0 Å². The number of carbonyl (C=O) groups excluding carboxylic acids is 2. The van der Waals surface area contributed by atoms with Crippen LogP contribution in [0.2, 0.25) is 0 Å². The van der Waals surface area contributed by atoms with E-state index in [0.29, 0.717) is 0 Å². The summed E-state index contributed by atoms with van der Waals surface area (Å²) in [5.74, 6) is -0.120. The van der Waals surface area contributed by atoms with Crippen LogP contribution in [0.5, 0.6) is 0 Å². The molecule has 2 atom stereocenters. The van der Waals surface area contributed by atoms with Gasteiger partial charge in [-0.05, 0) is 34.6 Å². The maximum atomic E-state index is 11.3. The van der Waals surface area contributed by atoms with Crippen LogP contribution in [0, 0.1) is 0 Å². The third-order valence-corrected chi connectivity index (χ3v) is 1.82. The van der Waals surface area contributed by atoms with Crippen LogP contribution in [-0.4, -0.2) is 34.7 Å². The molecule has 0 heterocycles. The van der Waals surface area contributed by atoms with Gasteiger partial charge in [0.05, 0.1) is 12.1 Å². The molecule has 0 saturated heterocycles. The van der Waals surface area contributed by atoms with Gasteiger partial charge in [0.25, 0.3) is 0 Å². The number of aliphatic hydroxyl groups is 1. The zero-order valence-electron chi connectivity index (χ0n) is 10.5. The van der Waals surface area contributed by atoms with Gasteiger partial charge in [-0.15, -0.1) is 0 Å². The molecule has 0 aliphatic heterocycles. The molecule has 0 aliphatic rings. The van der Waals surface area contributed by atoms with E-state index in [1.165, 1.54) is 6.92 Å². The second-order valence-corrected chi connectivity index (χ2v) is 4.91. The molecule has 0 radical (unpaired) electrons. The van der Waals surface area contributed by atoms with Gasteiger partial charge in [-0.2, -0.15) is 0 Å². The minimum atomic E-state index is -0.884. The minimum Gasteiger partial charge on any atom is -0.444 e. The quantitative estimate of drug-likeness (QED) is 0.763. The van der Waals surface area contributed by atoms with Crippen molar-refractivity contribution in [1.82, 2.24) is 5.32 Å². The number of rotatable bonds is 4. The summed E-state index contributed by atoms with van der Waals surface area (Å²) in [5.41, 5.74) is -0.574. The fourth-order valence-electron chi connectivity index (χ4n) is 1.06. The van der Waals surface area contributed by atoms with E-state index in [4.69, 9.17) is 4.74 Å². The molecule has 5 nitrogen and oxygen atoms in total. The highest BCUT2D eigenvalue weighted by Gasteiger charge is 2.21. The van der Waals surface area contributed by atoms with E-state index in [2.05, 4.69) is 5.32 Å². The van der Waals surface area contributed by atoms with Crippen LogP contribution in [0.3, 0.4) is 0 Å². The van der Waals surface area contributed by atoms with Gasteiger partial charge in [0.15, 0.2) is 0 Å². The maximum Gasteiger partial charge on any atom is 0.407 e. The molecular formula is C11H21NO4. The Hall–Kier alpha value is -1.10. The number of aliphatic hydroxyl groups excluding tert-OH is 1. The highest BCUT2D eigenvalue weighted by molar-refractivity contribution is 5.76. The summed E-state index contributed by atoms with van der Waals surface area (Å²) < 4.78 is 5.02. The van der Waals surface area contributed by atoms with Gasteiger partial charge in [-0.3, -0.25) is 4.79 Å². The summed E-state index contributed by atoms with van der Waals surface area (Å²) >= 11 is 0. The predicted molar refractivity (Wildman–Crippen MR) is 60.1 cm³/mol. The van der Waals surface area contributed by atoms with Gasteiger partial charge < -0.3 is 15.2 Å². The van der Waals surface area contributed by atoms with Crippen molar-refractivity contribution in [3.05, 3.63) is 0 Å². The van der Waals surface area contributed by atoms with Crippen molar-refractivity contribution in [1.29, 1.82) is 0 Å². The van der Waals surface area contributed by atoms with E-state index in [-0.39, 0.29) is 12.2 Å². The molecule has 0 bridgehead atoms. The number of ether oxygens (including phenoxy) is 1. The molecule has 0 aromatic heterocycles. The van der Waals surface area contributed by atoms with E-state index in [1.54, 1.807) is 27.7 Å². The highest BCUT2D eigenvalue weighted by atomic mass is 16.6. The van der Waals surface area contributed by atoms with Crippen LogP contribution in [0.1, 0.15) is 41.0 Å². The maximum absolute atomic E-state index is 11.3. The molecule has 1 amide bonds. The molecule has 0 aromatic carbocycles. The number of hydrogen-bond donors (Lipinski definition) is 2. The Labute approximate surface area is 96.2 Å². The average molecular weight is 231 g/mol. The zero-order chi connectivity index (χ0) is 12.9. The molecule has 94 valence electrons. The fourth-order valence-corrected chi connectivity index (χ4v) is 1.06. The van der Waals surface area contributed by atoms with Crippen molar-refractivity contribution in [3.63, 3.8) is 0 Å². The van der Waals surface area contributed by atoms with Crippen LogP contribution in [0.25, 0.3) is 0 Å². The summed E-state index contributed by atoms with van der Waals surface area (Å²) in [7, 11) is 0. The van der Waals surface area contributed by atoms with Crippen LogP contribution in [-0.2, 0) is 9.53 Å². The number of alkyl carbamates (subject to hydrolysis) is 1. The van der Waals surface area contributed by atoms with Gasteiger partial charge in [-0.1, -0.05) is 0 Å². The van der Waals surface area contributed by atoms with Gasteiger partial charge in [-0.25, -0.2) is 4.79 Å². The molecule has 0 aliphatic carbocycles. The third-order valence-electron chi connectivity index (χ3n) is 1.82. The zero-order valence-corrected chi connectivity index (χ0v) is 10.5. The van der Waals surface area contributed by atoms with Crippen LogP contribution in [0.15, 0.2) is 0 Å². The van der Waals surface area contributed by atoms with Crippen LogP contribution >= 0.6 is 0 Å². The van der Waals surface area contributed by atoms with Crippen molar-refractivity contribution in [2.24, 2.45) is 0 Å². The Balaban J connectivity index is 4.09. The second kappa shape index (κ2) is 5.84. The molecule has 5 heteroatoms. The summed E-state index contributed by atoms with van der Waals surface area (Å²) in [5, 5.41) is 12.0. The molecule has 0 aromatic rings. The van der Waals surface area contributed by atoms with Crippen molar-refractivity contribution in [2.45, 2.75) is 58.8 Å². The monoisotopic (exact) mass is 231 g/mol. The minimum absolute atomic E-state index is 0.0248. The van der Waals surface area contributed by atoms with Crippen molar-refractivity contribution in [2.75, 3.05) is 0 Å². The normalized spacial score (nSPS) is 15.1. The van der Waals surface area contributed by atoms with E-state index in [1.807, 2.05) is 0 Å². The van der Waals surface area contributed by atoms with E-state index < -0.39 is 23.8 Å². The molecule has 0 spiro atoms. The first kappa shape index (κ1) is 14.9. The first-order valence-corrected chi connectivity index (χ1v) is 5.29. The Kier molecular flexibility index (Phi) is 5.44. The van der Waals surface area contributed by atoms with Gasteiger partial charge in [0, 0.05) is 6.42 Å². The lowest BCUT2D eigenvalue weighted by atomic mass is 10.1. The standard InChI is InChI=1S/C11H21NO4/c1-7(13)6-9(14)8(2)12-10(15)16-11(3,4)5/h8-9,14H,6H2,1-5H3,(H,12,15). The Morgan fingerprint density at radius 1 is 1.38 bits per heavy atom. The van der Waals surface area contributed by atoms with E-state index in [9.17, 15) is 14.7 Å². The highest BCUT2D eigenvalue weighted by Crippen LogP contribution is 2.07. The number of nitrogens with one attached hydrogen (secondary N) is 1. The summed E-state index contributed by atoms with van der Waals surface area (Å²) in [6.45, 7) is 8.27. The molecule has 0 rings (SSSR count). The van der Waals surface area contributed by atoms with Crippen LogP contribution < -0.4 is 5.32 Å². The predicted octanol–water partition coefficient (Wildman–Crippen LogP) is 1.24. The molecule has 0 fully saturated rings. The second-order valence-electron chi connectivity index (χ2n) is 4.91. The van der Waals surface area contributed by atoms with E-state index in [0.717, 1.165) is 0 Å². The average Bonchev–Trinajstić information content (AvgIpc) is 1.98. The number of Topliss-reactive ketones (excluding diaryl/α,β-unsaturated/α-hetero) is 1. The van der Waals surface area contributed by atoms with Gasteiger partial charge >= 0.3 is 6.09 Å². The molecular weight excluding hydrogens is 210 g/mol. The first-order valence-electron chi connectivity index (χ1n) is 5.29. The lowest BCUT2D eigenvalue weighted by Gasteiger charge is -2.23. The molecule has 2 N–H and O–H groups in total. The number of carbonyl (C=O) groups is 2. The molecule has 0 saturated carbocycles. The Morgan fingerprint density at radius 2 is 1.88 bits per heavy atom. The smallest absolute Gasteiger partial charge is 0.407 e. The largest absolute Gasteiger partial charge is 0.444 e. The van der Waals surface area contributed by atoms with Crippen molar-refractivity contribution in [3.8, 4) is 0 Å². The molecule has 2 unspecified atom stereocenters. The lowest BCUT2D eigenvalue weighted by Crippen LogP contribution is -2.44. The van der Waals surface area contributed by atoms with Crippen LogP contribution in [0.4, 0.5) is 4.79 Å². The number of hydrogen-bond acceptors (Lipinski definition) is 4. The van der Waals surface area contributed by atoms with Crippen molar-refractivity contribution >= 4 is 11.9 Å². The summed E-state index contributed by atoms with van der Waals surface area (Å²) in [6.07, 6.45) is -1.45. The Bertz CT molecular complexity index is 257. The first-order chi connectivity index (χ1) is 7.11. The van der Waals surface area contributed by atoms with Gasteiger partial charge in [0.1, 0.15) is 11.4 Å². The lowest BCUT2D eigenvalue weighted by molar-refractivity contribution is -0.119. The number of ketones is 1. The summed E-state index contributed by atoms with van der Waals surface area (Å²) in [4.78, 5) is 22.1. The number of amides is 1. The fraction of sp³-hybridized carbons (Fsp3) is 0.818. The SMILES string of the molecule is CC(=O)CC(O)C(C)NC(=O)OC(C)(C)C. The van der Waals surface area contributed by atoms with E-state index >= 15 is 0 Å². The van der Waals surface area contributed by atoms with Crippen molar-refractivity contribution < 1.29 is 19.4 Å². The third kappa shape index (κ3) is 7.23.